The lowest BCUT2D eigenvalue weighted by molar-refractivity contribution is -0.117. The summed E-state index contributed by atoms with van der Waals surface area (Å²) in [4.78, 5) is 19.7. The van der Waals surface area contributed by atoms with Crippen molar-refractivity contribution >= 4 is 22.6 Å². The van der Waals surface area contributed by atoms with Gasteiger partial charge in [-0.1, -0.05) is 48.0 Å². The highest BCUT2D eigenvalue weighted by Crippen LogP contribution is 2.34. The molecule has 0 aliphatic carbocycles. The normalized spacial score (nSPS) is 16.3. The van der Waals surface area contributed by atoms with Crippen molar-refractivity contribution in [3.05, 3.63) is 89.7 Å². The predicted octanol–water partition coefficient (Wildman–Crippen LogP) is 4.92. The molecule has 156 valence electrons. The largest absolute Gasteiger partial charge is 0.497 e. The Morgan fingerprint density at radius 1 is 1.03 bits per heavy atom. The molecule has 0 bridgehead atoms. The average molecular weight is 412 g/mol. The summed E-state index contributed by atoms with van der Waals surface area (Å²) in [5.74, 6) is 1.88. The third-order valence-electron chi connectivity index (χ3n) is 6.00. The number of amides is 1. The Balaban J connectivity index is 1.51. The van der Waals surface area contributed by atoms with Crippen LogP contribution in [0.5, 0.6) is 5.75 Å². The molecule has 5 heteroatoms. The minimum Gasteiger partial charge on any atom is -0.497 e. The number of anilines is 1. The monoisotopic (exact) mass is 411 g/mol. The Morgan fingerprint density at radius 2 is 1.84 bits per heavy atom. The Bertz CT molecular complexity index is 1240. The van der Waals surface area contributed by atoms with Gasteiger partial charge in [0.25, 0.3) is 0 Å². The molecule has 5 rings (SSSR count). The van der Waals surface area contributed by atoms with Crippen molar-refractivity contribution in [3.8, 4) is 5.75 Å². The fraction of sp³-hybridized carbons (Fsp3) is 0.231. The van der Waals surface area contributed by atoms with Gasteiger partial charge in [-0.05, 0) is 36.8 Å². The van der Waals surface area contributed by atoms with Gasteiger partial charge in [-0.15, -0.1) is 0 Å². The van der Waals surface area contributed by atoms with Crippen LogP contribution in [0, 0.1) is 6.92 Å². The lowest BCUT2D eigenvalue weighted by Gasteiger charge is -2.18. The minimum absolute atomic E-state index is 0.0385. The number of benzene rings is 3. The van der Waals surface area contributed by atoms with Gasteiger partial charge in [-0.3, -0.25) is 4.79 Å². The molecule has 1 saturated heterocycles. The summed E-state index contributed by atoms with van der Waals surface area (Å²) in [7, 11) is 1.64. The van der Waals surface area contributed by atoms with Crippen LogP contribution in [-0.4, -0.2) is 29.1 Å². The van der Waals surface area contributed by atoms with E-state index in [2.05, 4.69) is 41.8 Å². The Labute approximate surface area is 181 Å². The van der Waals surface area contributed by atoms with Crippen LogP contribution in [0.15, 0.2) is 72.8 Å². The smallest absolute Gasteiger partial charge is 0.227 e. The van der Waals surface area contributed by atoms with Crippen LogP contribution in [0.25, 0.3) is 11.0 Å². The SMILES string of the molecule is COc1cccc(N2C[C@H](c3nc4ccccc4n3Cc3ccc(C)cc3)CC2=O)c1. The minimum atomic E-state index is 0.0385. The van der Waals surface area contributed by atoms with Crippen LogP contribution in [0.4, 0.5) is 5.69 Å². The maximum atomic E-state index is 12.9. The van der Waals surface area contributed by atoms with E-state index in [4.69, 9.17) is 9.72 Å². The molecule has 1 fully saturated rings. The van der Waals surface area contributed by atoms with E-state index in [1.807, 2.05) is 47.4 Å². The summed E-state index contributed by atoms with van der Waals surface area (Å²) >= 11 is 0. The zero-order valence-corrected chi connectivity index (χ0v) is 17.8. The van der Waals surface area contributed by atoms with E-state index in [-0.39, 0.29) is 11.8 Å². The third-order valence-corrected chi connectivity index (χ3v) is 6.00. The van der Waals surface area contributed by atoms with Gasteiger partial charge in [0.1, 0.15) is 11.6 Å². The summed E-state index contributed by atoms with van der Waals surface area (Å²) in [6.45, 7) is 3.45. The van der Waals surface area contributed by atoms with E-state index in [1.54, 1.807) is 7.11 Å². The number of carbonyl (C=O) groups is 1. The van der Waals surface area contributed by atoms with E-state index in [1.165, 1.54) is 11.1 Å². The Hall–Kier alpha value is -3.60. The van der Waals surface area contributed by atoms with Gasteiger partial charge in [0.05, 0.1) is 18.1 Å². The standard InChI is InChI=1S/C26H25N3O2/c1-18-10-12-19(13-11-18)16-29-24-9-4-3-8-23(24)27-26(29)20-14-25(30)28(17-20)21-6-5-7-22(15-21)31-2/h3-13,15,20H,14,16-17H2,1-2H3/t20-/m1/s1. The molecule has 0 N–H and O–H groups in total. The molecule has 1 aliphatic heterocycles. The first-order valence-electron chi connectivity index (χ1n) is 10.6. The second-order valence-electron chi connectivity index (χ2n) is 8.14. The predicted molar refractivity (Wildman–Crippen MR) is 123 cm³/mol. The summed E-state index contributed by atoms with van der Waals surface area (Å²) in [5, 5.41) is 0. The molecular weight excluding hydrogens is 386 g/mol. The highest BCUT2D eigenvalue weighted by molar-refractivity contribution is 5.96. The number of aromatic nitrogens is 2. The number of rotatable bonds is 5. The maximum Gasteiger partial charge on any atom is 0.227 e. The maximum absolute atomic E-state index is 12.9. The van der Waals surface area contributed by atoms with Crippen molar-refractivity contribution in [1.82, 2.24) is 9.55 Å². The van der Waals surface area contributed by atoms with E-state index in [0.717, 1.165) is 34.8 Å². The second-order valence-corrected chi connectivity index (χ2v) is 8.14. The molecule has 2 heterocycles. The van der Waals surface area contributed by atoms with Crippen molar-refractivity contribution in [2.45, 2.75) is 25.8 Å². The number of methoxy groups -OCH3 is 1. The Kier molecular flexibility index (Phi) is 4.94. The number of hydrogen-bond acceptors (Lipinski definition) is 3. The van der Waals surface area contributed by atoms with Crippen LogP contribution in [0.2, 0.25) is 0 Å². The van der Waals surface area contributed by atoms with Crippen molar-refractivity contribution in [3.63, 3.8) is 0 Å². The molecule has 5 nitrogen and oxygen atoms in total. The quantitative estimate of drug-likeness (QED) is 0.468. The zero-order valence-electron chi connectivity index (χ0n) is 17.8. The van der Waals surface area contributed by atoms with Crippen molar-refractivity contribution in [2.75, 3.05) is 18.6 Å². The van der Waals surface area contributed by atoms with Crippen LogP contribution < -0.4 is 9.64 Å². The summed E-state index contributed by atoms with van der Waals surface area (Å²) in [6, 6.07) is 24.5. The number of hydrogen-bond donors (Lipinski definition) is 0. The fourth-order valence-corrected chi connectivity index (χ4v) is 4.36. The van der Waals surface area contributed by atoms with Gasteiger partial charge in [0.2, 0.25) is 5.91 Å². The first-order valence-corrected chi connectivity index (χ1v) is 10.6. The number of para-hydroxylation sites is 2. The topological polar surface area (TPSA) is 47.4 Å². The molecular formula is C26H25N3O2. The van der Waals surface area contributed by atoms with E-state index >= 15 is 0 Å². The first-order chi connectivity index (χ1) is 15.1. The van der Waals surface area contributed by atoms with Crippen LogP contribution >= 0.6 is 0 Å². The number of imidazole rings is 1. The van der Waals surface area contributed by atoms with Gasteiger partial charge < -0.3 is 14.2 Å². The van der Waals surface area contributed by atoms with Crippen molar-refractivity contribution < 1.29 is 9.53 Å². The van der Waals surface area contributed by atoms with Crippen molar-refractivity contribution in [1.29, 1.82) is 0 Å². The molecule has 0 spiro atoms. The molecule has 1 aromatic heterocycles. The number of aryl methyl sites for hydroxylation is 1. The summed E-state index contributed by atoms with van der Waals surface area (Å²) in [5.41, 5.74) is 5.41. The highest BCUT2D eigenvalue weighted by Gasteiger charge is 2.35. The second kappa shape index (κ2) is 7.91. The van der Waals surface area contributed by atoms with Gasteiger partial charge in [-0.25, -0.2) is 4.98 Å². The molecule has 31 heavy (non-hydrogen) atoms. The van der Waals surface area contributed by atoms with Crippen molar-refractivity contribution in [2.24, 2.45) is 0 Å². The lowest BCUT2D eigenvalue weighted by atomic mass is 10.1. The average Bonchev–Trinajstić information content (AvgIpc) is 3.36. The third kappa shape index (κ3) is 3.67. The first kappa shape index (κ1) is 19.4. The summed E-state index contributed by atoms with van der Waals surface area (Å²) in [6.07, 6.45) is 0.453. The molecule has 0 radical (unpaired) electrons. The molecule has 0 unspecified atom stereocenters. The van der Waals surface area contributed by atoms with Gasteiger partial charge in [0.15, 0.2) is 0 Å². The van der Waals surface area contributed by atoms with Gasteiger partial charge in [-0.2, -0.15) is 0 Å². The van der Waals surface area contributed by atoms with Crippen LogP contribution in [0.3, 0.4) is 0 Å². The molecule has 3 aromatic carbocycles. The number of nitrogens with zero attached hydrogens (tertiary/aromatic N) is 3. The van der Waals surface area contributed by atoms with E-state index in [9.17, 15) is 4.79 Å². The molecule has 1 atom stereocenters. The van der Waals surface area contributed by atoms with E-state index in [0.29, 0.717) is 13.0 Å². The van der Waals surface area contributed by atoms with Crippen LogP contribution in [-0.2, 0) is 11.3 Å². The molecule has 4 aromatic rings. The lowest BCUT2D eigenvalue weighted by Crippen LogP contribution is -2.24. The zero-order chi connectivity index (χ0) is 21.4. The number of carbonyl (C=O) groups excluding carboxylic acids is 1. The fourth-order valence-electron chi connectivity index (χ4n) is 4.36. The number of ether oxygens (including phenoxy) is 1. The number of fused-ring (bicyclic) bond motifs is 1. The summed E-state index contributed by atoms with van der Waals surface area (Å²) < 4.78 is 7.61. The molecule has 1 amide bonds. The Morgan fingerprint density at radius 3 is 2.65 bits per heavy atom. The molecule has 0 saturated carbocycles. The van der Waals surface area contributed by atoms with Gasteiger partial charge in [0, 0.05) is 37.2 Å². The van der Waals surface area contributed by atoms with Crippen LogP contribution in [0.1, 0.15) is 29.3 Å². The van der Waals surface area contributed by atoms with Gasteiger partial charge >= 0.3 is 0 Å². The van der Waals surface area contributed by atoms with E-state index < -0.39 is 0 Å². The highest BCUT2D eigenvalue weighted by atomic mass is 16.5. The molecule has 1 aliphatic rings.